The maximum Gasteiger partial charge on any atom is 0.195 e. The summed E-state index contributed by atoms with van der Waals surface area (Å²) >= 11 is 5.25. The fourth-order valence-corrected chi connectivity index (χ4v) is 2.21. The third-order valence-electron chi connectivity index (χ3n) is 2.99. The summed E-state index contributed by atoms with van der Waals surface area (Å²) in [7, 11) is 0. The Morgan fingerprint density at radius 1 is 1.24 bits per heavy atom. The van der Waals surface area contributed by atoms with Crippen LogP contribution in [0, 0.1) is 18.6 Å². The smallest absolute Gasteiger partial charge is 0.195 e. The van der Waals surface area contributed by atoms with E-state index in [0.717, 1.165) is 11.4 Å². The zero-order chi connectivity index (χ0) is 12.6. The number of nitrogens with zero attached hydrogens (tertiary/aromatic N) is 2. The molecule has 1 heterocycles. The van der Waals surface area contributed by atoms with Crippen molar-refractivity contribution in [3.8, 4) is 11.4 Å². The molecule has 17 heavy (non-hydrogen) atoms. The van der Waals surface area contributed by atoms with Crippen LogP contribution in [0.2, 0.25) is 0 Å². The van der Waals surface area contributed by atoms with E-state index in [1.54, 1.807) is 0 Å². The average Bonchev–Trinajstić information content (AvgIpc) is 2.64. The van der Waals surface area contributed by atoms with E-state index in [-0.39, 0.29) is 0 Å². The molecule has 0 fully saturated rings. The number of rotatable bonds is 2. The quantitative estimate of drug-likeness (QED) is 0.819. The molecule has 2 rings (SSSR count). The molecular formula is C13H17N3S. The largest absolute Gasteiger partial charge is 0.298 e. The molecule has 0 radical (unpaired) electrons. The van der Waals surface area contributed by atoms with Crippen molar-refractivity contribution < 1.29 is 0 Å². The molecule has 0 saturated carbocycles. The minimum absolute atomic E-state index is 0.304. The first-order valence-corrected chi connectivity index (χ1v) is 6.16. The maximum absolute atomic E-state index is 5.25. The molecule has 1 aromatic carbocycles. The van der Waals surface area contributed by atoms with Crippen LogP contribution in [-0.4, -0.2) is 14.8 Å². The van der Waals surface area contributed by atoms with Gasteiger partial charge in [-0.1, -0.05) is 12.1 Å². The van der Waals surface area contributed by atoms with Crippen molar-refractivity contribution in [3.05, 3.63) is 34.1 Å². The van der Waals surface area contributed by atoms with Gasteiger partial charge in [0, 0.05) is 11.6 Å². The molecular weight excluding hydrogens is 230 g/mol. The van der Waals surface area contributed by atoms with Crippen LogP contribution in [0.1, 0.15) is 31.0 Å². The van der Waals surface area contributed by atoms with Gasteiger partial charge in [-0.25, -0.2) is 0 Å². The van der Waals surface area contributed by atoms with E-state index in [0.29, 0.717) is 10.8 Å². The van der Waals surface area contributed by atoms with Gasteiger partial charge >= 0.3 is 0 Å². The van der Waals surface area contributed by atoms with Gasteiger partial charge in [-0.3, -0.25) is 9.67 Å². The fraction of sp³-hybridized carbons (Fsp3) is 0.385. The highest BCUT2D eigenvalue weighted by Crippen LogP contribution is 2.23. The maximum atomic E-state index is 5.25. The van der Waals surface area contributed by atoms with Gasteiger partial charge in [0.25, 0.3) is 0 Å². The second kappa shape index (κ2) is 4.45. The predicted octanol–water partition coefficient (Wildman–Crippen LogP) is 3.81. The third kappa shape index (κ3) is 2.17. The van der Waals surface area contributed by atoms with Crippen molar-refractivity contribution in [1.29, 1.82) is 0 Å². The Hall–Kier alpha value is -1.42. The molecule has 3 nitrogen and oxygen atoms in total. The van der Waals surface area contributed by atoms with Crippen molar-refractivity contribution in [3.63, 3.8) is 0 Å². The molecule has 0 unspecified atom stereocenters. The highest BCUT2D eigenvalue weighted by atomic mass is 32.1. The lowest BCUT2D eigenvalue weighted by atomic mass is 10.1. The molecule has 0 amide bonds. The number of benzene rings is 1. The number of hydrogen-bond donors (Lipinski definition) is 1. The normalized spacial score (nSPS) is 11.1. The Morgan fingerprint density at radius 3 is 2.53 bits per heavy atom. The van der Waals surface area contributed by atoms with Crippen molar-refractivity contribution in [2.75, 3.05) is 0 Å². The van der Waals surface area contributed by atoms with E-state index in [1.807, 2.05) is 4.57 Å². The predicted molar refractivity (Wildman–Crippen MR) is 72.7 cm³/mol. The first kappa shape index (κ1) is 12.0. The SMILES string of the molecule is Cc1ccc(-c2n[nH]c(=S)n2C(C)C)cc1C. The van der Waals surface area contributed by atoms with E-state index in [4.69, 9.17) is 12.2 Å². The summed E-state index contributed by atoms with van der Waals surface area (Å²) in [5.74, 6) is 0.910. The molecule has 0 saturated heterocycles. The second-order valence-electron chi connectivity index (χ2n) is 4.62. The summed E-state index contributed by atoms with van der Waals surface area (Å²) in [5.41, 5.74) is 3.67. The summed E-state index contributed by atoms with van der Waals surface area (Å²) < 4.78 is 2.72. The van der Waals surface area contributed by atoms with Gasteiger partial charge in [-0.2, -0.15) is 5.10 Å². The molecule has 4 heteroatoms. The van der Waals surface area contributed by atoms with Crippen LogP contribution in [-0.2, 0) is 0 Å². The van der Waals surface area contributed by atoms with Gasteiger partial charge in [-0.05, 0) is 57.1 Å². The van der Waals surface area contributed by atoms with Gasteiger partial charge in [0.05, 0.1) is 0 Å². The zero-order valence-corrected chi connectivity index (χ0v) is 11.4. The Labute approximate surface area is 106 Å². The van der Waals surface area contributed by atoms with E-state index in [1.165, 1.54) is 11.1 Å². The molecule has 90 valence electrons. The second-order valence-corrected chi connectivity index (χ2v) is 5.00. The Kier molecular flexibility index (Phi) is 3.15. The van der Waals surface area contributed by atoms with E-state index in [2.05, 4.69) is 56.1 Å². The number of nitrogens with one attached hydrogen (secondary N) is 1. The van der Waals surface area contributed by atoms with Crippen molar-refractivity contribution >= 4 is 12.2 Å². The standard InChI is InChI=1S/C13H17N3S/c1-8(2)16-12(14-15-13(16)17)11-6-5-9(3)10(4)7-11/h5-8H,1-4H3,(H,15,17). The van der Waals surface area contributed by atoms with E-state index in [9.17, 15) is 0 Å². The van der Waals surface area contributed by atoms with Crippen LogP contribution in [0.3, 0.4) is 0 Å². The molecule has 2 aromatic rings. The molecule has 0 atom stereocenters. The van der Waals surface area contributed by atoms with Crippen LogP contribution in [0.15, 0.2) is 18.2 Å². The Balaban J connectivity index is 2.61. The third-order valence-corrected chi connectivity index (χ3v) is 3.27. The summed E-state index contributed by atoms with van der Waals surface area (Å²) in [5, 5.41) is 7.19. The molecule has 0 aliphatic rings. The highest BCUT2D eigenvalue weighted by Gasteiger charge is 2.11. The molecule has 0 aliphatic heterocycles. The average molecular weight is 247 g/mol. The van der Waals surface area contributed by atoms with Crippen molar-refractivity contribution in [1.82, 2.24) is 14.8 Å². The van der Waals surface area contributed by atoms with Gasteiger partial charge in [-0.15, -0.1) is 0 Å². The molecule has 0 aliphatic carbocycles. The summed E-state index contributed by atoms with van der Waals surface area (Å²) in [6.07, 6.45) is 0. The van der Waals surface area contributed by atoms with Crippen molar-refractivity contribution in [2.24, 2.45) is 0 Å². The lowest BCUT2D eigenvalue weighted by Gasteiger charge is -2.11. The van der Waals surface area contributed by atoms with Gasteiger partial charge in [0.2, 0.25) is 0 Å². The van der Waals surface area contributed by atoms with Crippen LogP contribution >= 0.6 is 12.2 Å². The van der Waals surface area contributed by atoms with Crippen LogP contribution in [0.4, 0.5) is 0 Å². The van der Waals surface area contributed by atoms with Gasteiger partial charge < -0.3 is 0 Å². The number of aryl methyl sites for hydroxylation is 2. The topological polar surface area (TPSA) is 33.6 Å². The lowest BCUT2D eigenvalue weighted by Crippen LogP contribution is -2.03. The summed E-state index contributed by atoms with van der Waals surface area (Å²) in [6.45, 7) is 8.43. The molecule has 1 N–H and O–H groups in total. The highest BCUT2D eigenvalue weighted by molar-refractivity contribution is 7.71. The first-order valence-electron chi connectivity index (χ1n) is 5.75. The molecule has 1 aromatic heterocycles. The number of H-pyrrole nitrogens is 1. The number of aromatic amines is 1. The first-order chi connectivity index (χ1) is 8.00. The lowest BCUT2D eigenvalue weighted by molar-refractivity contribution is 0.597. The Bertz CT molecular complexity index is 593. The van der Waals surface area contributed by atoms with Crippen LogP contribution in [0.25, 0.3) is 11.4 Å². The van der Waals surface area contributed by atoms with E-state index < -0.39 is 0 Å². The van der Waals surface area contributed by atoms with E-state index >= 15 is 0 Å². The summed E-state index contributed by atoms with van der Waals surface area (Å²) in [4.78, 5) is 0. The molecule has 0 bridgehead atoms. The minimum atomic E-state index is 0.304. The summed E-state index contributed by atoms with van der Waals surface area (Å²) in [6, 6.07) is 6.66. The monoisotopic (exact) mass is 247 g/mol. The zero-order valence-electron chi connectivity index (χ0n) is 10.6. The van der Waals surface area contributed by atoms with Gasteiger partial charge in [0.1, 0.15) is 0 Å². The Morgan fingerprint density at radius 2 is 1.94 bits per heavy atom. The number of hydrogen-bond acceptors (Lipinski definition) is 2. The minimum Gasteiger partial charge on any atom is -0.298 e. The van der Waals surface area contributed by atoms with Crippen molar-refractivity contribution in [2.45, 2.75) is 33.7 Å². The fourth-order valence-electron chi connectivity index (χ4n) is 1.87. The number of aromatic nitrogens is 3. The van der Waals surface area contributed by atoms with Crippen LogP contribution < -0.4 is 0 Å². The van der Waals surface area contributed by atoms with Gasteiger partial charge in [0.15, 0.2) is 10.6 Å². The molecule has 0 spiro atoms. The van der Waals surface area contributed by atoms with Crippen LogP contribution in [0.5, 0.6) is 0 Å².